The maximum Gasteiger partial charge on any atom is 0.338 e. The Labute approximate surface area is 161 Å². The van der Waals surface area contributed by atoms with E-state index in [0.29, 0.717) is 18.7 Å². The highest BCUT2D eigenvalue weighted by Crippen LogP contribution is 2.30. The number of aromatic carboxylic acids is 1. The van der Waals surface area contributed by atoms with Gasteiger partial charge in [-0.05, 0) is 23.6 Å². The predicted molar refractivity (Wildman–Crippen MR) is 109 cm³/mol. The first-order valence-corrected chi connectivity index (χ1v) is 9.27. The maximum atomic E-state index is 11.9. The summed E-state index contributed by atoms with van der Waals surface area (Å²) in [6.07, 6.45) is 1.71. The Hall–Kier alpha value is -3.38. The first kappa shape index (κ1) is 16.8. The number of ether oxygens (including phenoxy) is 1. The molecule has 3 aromatic carbocycles. The first-order chi connectivity index (χ1) is 13.7. The van der Waals surface area contributed by atoms with Gasteiger partial charge in [0.15, 0.2) is 0 Å². The van der Waals surface area contributed by atoms with Crippen LogP contribution in [0.25, 0.3) is 27.5 Å². The highest BCUT2D eigenvalue weighted by Gasteiger charge is 2.20. The van der Waals surface area contributed by atoms with Gasteiger partial charge in [0.25, 0.3) is 0 Å². The van der Waals surface area contributed by atoms with E-state index >= 15 is 0 Å². The molecule has 1 aromatic heterocycles. The minimum atomic E-state index is -0.969. The van der Waals surface area contributed by atoms with E-state index in [9.17, 15) is 9.90 Å². The molecule has 1 saturated heterocycles. The van der Waals surface area contributed by atoms with Crippen molar-refractivity contribution in [2.24, 2.45) is 0 Å². The van der Waals surface area contributed by atoms with Crippen LogP contribution in [-0.2, 0) is 4.74 Å². The van der Waals surface area contributed by atoms with Crippen LogP contribution in [0.5, 0.6) is 0 Å². The Morgan fingerprint density at radius 1 is 1.04 bits per heavy atom. The monoisotopic (exact) mass is 373 g/mol. The summed E-state index contributed by atoms with van der Waals surface area (Å²) in [4.78, 5) is 18.5. The lowest BCUT2D eigenvalue weighted by atomic mass is 10.1. The van der Waals surface area contributed by atoms with E-state index < -0.39 is 5.97 Å². The van der Waals surface area contributed by atoms with Gasteiger partial charge < -0.3 is 14.7 Å². The first-order valence-electron chi connectivity index (χ1n) is 9.27. The molecule has 0 atom stereocenters. The molecule has 1 fully saturated rings. The SMILES string of the molecule is O=C(O)c1cc(N2CCOCC2)cc2c1ncn2-c1cccc2ccccc12. The van der Waals surface area contributed by atoms with E-state index in [-0.39, 0.29) is 5.56 Å². The second-order valence-electron chi connectivity index (χ2n) is 6.88. The largest absolute Gasteiger partial charge is 0.478 e. The third kappa shape index (κ3) is 2.70. The van der Waals surface area contributed by atoms with Crippen LogP contribution in [0.2, 0.25) is 0 Å². The number of rotatable bonds is 3. The Kier molecular flexibility index (Phi) is 3.98. The molecule has 2 heterocycles. The smallest absolute Gasteiger partial charge is 0.338 e. The van der Waals surface area contributed by atoms with Crippen LogP contribution in [0.3, 0.4) is 0 Å². The van der Waals surface area contributed by atoms with E-state index in [4.69, 9.17) is 4.74 Å². The summed E-state index contributed by atoms with van der Waals surface area (Å²) in [5.74, 6) is -0.969. The van der Waals surface area contributed by atoms with E-state index in [0.717, 1.165) is 40.8 Å². The molecule has 140 valence electrons. The van der Waals surface area contributed by atoms with Crippen molar-refractivity contribution in [2.75, 3.05) is 31.2 Å². The highest BCUT2D eigenvalue weighted by molar-refractivity contribution is 6.04. The molecule has 1 aliphatic rings. The van der Waals surface area contributed by atoms with Crippen molar-refractivity contribution in [2.45, 2.75) is 0 Å². The summed E-state index contributed by atoms with van der Waals surface area (Å²) in [6, 6.07) is 18.0. The van der Waals surface area contributed by atoms with E-state index in [2.05, 4.69) is 28.1 Å². The van der Waals surface area contributed by atoms with Gasteiger partial charge in [-0.3, -0.25) is 4.57 Å². The van der Waals surface area contributed by atoms with Gasteiger partial charge in [0, 0.05) is 24.2 Å². The van der Waals surface area contributed by atoms with Crippen molar-refractivity contribution in [3.63, 3.8) is 0 Å². The summed E-state index contributed by atoms with van der Waals surface area (Å²) in [6.45, 7) is 2.77. The molecule has 0 amide bonds. The van der Waals surface area contributed by atoms with E-state index in [1.54, 1.807) is 12.4 Å². The molecule has 0 saturated carbocycles. The van der Waals surface area contributed by atoms with Crippen molar-refractivity contribution in [1.29, 1.82) is 0 Å². The number of benzene rings is 3. The fourth-order valence-corrected chi connectivity index (χ4v) is 3.88. The molecule has 0 unspecified atom stereocenters. The summed E-state index contributed by atoms with van der Waals surface area (Å²) < 4.78 is 7.42. The van der Waals surface area contributed by atoms with Crippen LogP contribution in [0, 0.1) is 0 Å². The number of fused-ring (bicyclic) bond motifs is 2. The number of carboxylic acid groups (broad SMARTS) is 1. The van der Waals surface area contributed by atoms with Gasteiger partial charge in [0.2, 0.25) is 0 Å². The van der Waals surface area contributed by atoms with Gasteiger partial charge in [0.05, 0.1) is 30.0 Å². The third-order valence-electron chi connectivity index (χ3n) is 5.27. The number of carbonyl (C=O) groups is 1. The quantitative estimate of drug-likeness (QED) is 0.593. The van der Waals surface area contributed by atoms with Crippen molar-refractivity contribution >= 4 is 33.5 Å². The van der Waals surface area contributed by atoms with Crippen LogP contribution in [-0.4, -0.2) is 46.9 Å². The molecule has 0 radical (unpaired) electrons. The summed E-state index contributed by atoms with van der Waals surface area (Å²) in [5, 5.41) is 12.0. The van der Waals surface area contributed by atoms with Crippen LogP contribution >= 0.6 is 0 Å². The van der Waals surface area contributed by atoms with E-state index in [1.807, 2.05) is 34.9 Å². The topological polar surface area (TPSA) is 67.6 Å². The second-order valence-corrected chi connectivity index (χ2v) is 6.88. The third-order valence-corrected chi connectivity index (χ3v) is 5.27. The second kappa shape index (κ2) is 6.65. The average molecular weight is 373 g/mol. The Morgan fingerprint density at radius 2 is 1.82 bits per heavy atom. The number of morpholine rings is 1. The molecule has 4 aromatic rings. The fraction of sp³-hybridized carbons (Fsp3) is 0.182. The van der Waals surface area contributed by atoms with Crippen molar-refractivity contribution in [3.8, 4) is 5.69 Å². The Balaban J connectivity index is 1.76. The molecule has 5 rings (SSSR count). The van der Waals surface area contributed by atoms with Crippen molar-refractivity contribution in [1.82, 2.24) is 9.55 Å². The number of carboxylic acids is 1. The lowest BCUT2D eigenvalue weighted by Crippen LogP contribution is -2.36. The number of aromatic nitrogens is 2. The summed E-state index contributed by atoms with van der Waals surface area (Å²) in [7, 11) is 0. The Bertz CT molecular complexity index is 1190. The lowest BCUT2D eigenvalue weighted by molar-refractivity contribution is 0.0699. The number of anilines is 1. The average Bonchev–Trinajstić information content (AvgIpc) is 3.17. The minimum absolute atomic E-state index is 0.220. The maximum absolute atomic E-state index is 11.9. The zero-order valence-electron chi connectivity index (χ0n) is 15.2. The standard InChI is InChI=1S/C22H19N3O3/c26-22(27)18-12-16(24-8-10-28-11-9-24)13-20-21(18)23-14-25(20)19-7-3-5-15-4-1-2-6-17(15)19/h1-7,12-14H,8-11H2,(H,26,27). The van der Waals surface area contributed by atoms with Crippen LogP contribution in [0.4, 0.5) is 5.69 Å². The fourth-order valence-electron chi connectivity index (χ4n) is 3.88. The van der Waals surface area contributed by atoms with Crippen molar-refractivity contribution in [3.05, 3.63) is 66.5 Å². The zero-order chi connectivity index (χ0) is 19.1. The number of hydrogen-bond acceptors (Lipinski definition) is 4. The molecule has 1 N–H and O–H groups in total. The molecular formula is C22H19N3O3. The lowest BCUT2D eigenvalue weighted by Gasteiger charge is -2.29. The number of hydrogen-bond donors (Lipinski definition) is 1. The van der Waals surface area contributed by atoms with Gasteiger partial charge in [-0.15, -0.1) is 0 Å². The van der Waals surface area contributed by atoms with Crippen LogP contribution in [0.15, 0.2) is 60.9 Å². The molecule has 0 aliphatic carbocycles. The van der Waals surface area contributed by atoms with Crippen LogP contribution in [0.1, 0.15) is 10.4 Å². The molecule has 6 nitrogen and oxygen atoms in total. The molecule has 0 bridgehead atoms. The predicted octanol–water partition coefficient (Wildman–Crippen LogP) is 3.71. The van der Waals surface area contributed by atoms with Crippen molar-refractivity contribution < 1.29 is 14.6 Å². The van der Waals surface area contributed by atoms with Gasteiger partial charge >= 0.3 is 5.97 Å². The molecular weight excluding hydrogens is 354 g/mol. The molecule has 28 heavy (non-hydrogen) atoms. The molecule has 6 heteroatoms. The summed E-state index contributed by atoms with van der Waals surface area (Å²) in [5.41, 5.74) is 3.37. The van der Waals surface area contributed by atoms with Gasteiger partial charge in [-0.1, -0.05) is 36.4 Å². The molecule has 1 aliphatic heterocycles. The van der Waals surface area contributed by atoms with Gasteiger partial charge in [-0.2, -0.15) is 0 Å². The zero-order valence-corrected chi connectivity index (χ0v) is 15.2. The minimum Gasteiger partial charge on any atom is -0.478 e. The highest BCUT2D eigenvalue weighted by atomic mass is 16.5. The normalized spacial score (nSPS) is 14.6. The van der Waals surface area contributed by atoms with Gasteiger partial charge in [0.1, 0.15) is 11.8 Å². The van der Waals surface area contributed by atoms with Crippen LogP contribution < -0.4 is 4.90 Å². The number of imidazole rings is 1. The van der Waals surface area contributed by atoms with Gasteiger partial charge in [-0.25, -0.2) is 9.78 Å². The molecule has 0 spiro atoms. The number of nitrogens with zero attached hydrogens (tertiary/aromatic N) is 3. The van der Waals surface area contributed by atoms with E-state index in [1.165, 1.54) is 0 Å². The Morgan fingerprint density at radius 3 is 2.64 bits per heavy atom. The summed E-state index contributed by atoms with van der Waals surface area (Å²) >= 11 is 0.